The van der Waals surface area contributed by atoms with Gasteiger partial charge in [-0.2, -0.15) is 0 Å². The Balaban J connectivity index is 1.83. The Kier molecular flexibility index (Phi) is 5.94. The standard InChI is InChI=1S/C21H25N3O5/c1-3-28-21(25)29-20-15(13-26-2)19-17(11-22-20)23-16-6-4-5-14(18(16)19)12-24-7-9-27-10-8-24/h4-6,11,23H,3,7-10,12-13H2,1-2H3. The third-order valence-electron chi connectivity index (χ3n) is 5.04. The molecule has 0 spiro atoms. The summed E-state index contributed by atoms with van der Waals surface area (Å²) in [5.41, 5.74) is 3.80. The summed E-state index contributed by atoms with van der Waals surface area (Å²) in [6.45, 7) is 6.35. The highest BCUT2D eigenvalue weighted by molar-refractivity contribution is 6.11. The number of carbonyl (C=O) groups excluding carboxylic acids is 1. The van der Waals surface area contributed by atoms with Crippen LogP contribution in [0.25, 0.3) is 21.8 Å². The number of aromatic nitrogens is 2. The monoisotopic (exact) mass is 399 g/mol. The van der Waals surface area contributed by atoms with Crippen LogP contribution in [0.5, 0.6) is 5.88 Å². The number of ether oxygens (including phenoxy) is 4. The van der Waals surface area contributed by atoms with E-state index in [1.807, 2.05) is 12.1 Å². The molecular weight excluding hydrogens is 374 g/mol. The molecule has 1 aliphatic heterocycles. The van der Waals surface area contributed by atoms with Crippen LogP contribution in [0, 0.1) is 0 Å². The predicted molar refractivity (Wildman–Crippen MR) is 108 cm³/mol. The van der Waals surface area contributed by atoms with E-state index in [-0.39, 0.29) is 19.1 Å². The van der Waals surface area contributed by atoms with Crippen molar-refractivity contribution in [2.45, 2.75) is 20.1 Å². The van der Waals surface area contributed by atoms with Crippen molar-refractivity contribution in [3.63, 3.8) is 0 Å². The van der Waals surface area contributed by atoms with E-state index in [9.17, 15) is 4.79 Å². The van der Waals surface area contributed by atoms with Gasteiger partial charge >= 0.3 is 6.16 Å². The van der Waals surface area contributed by atoms with E-state index >= 15 is 0 Å². The van der Waals surface area contributed by atoms with Crippen molar-refractivity contribution in [3.8, 4) is 5.88 Å². The molecule has 8 heteroatoms. The first kappa shape index (κ1) is 19.6. The van der Waals surface area contributed by atoms with Crippen LogP contribution in [-0.4, -0.2) is 61.0 Å². The molecule has 154 valence electrons. The van der Waals surface area contributed by atoms with Crippen molar-refractivity contribution in [2.75, 3.05) is 40.0 Å². The van der Waals surface area contributed by atoms with Gasteiger partial charge in [-0.15, -0.1) is 0 Å². The smallest absolute Gasteiger partial charge is 0.434 e. The van der Waals surface area contributed by atoms with Crippen LogP contribution in [-0.2, 0) is 27.4 Å². The fourth-order valence-corrected chi connectivity index (χ4v) is 3.78. The minimum absolute atomic E-state index is 0.208. The third-order valence-corrected chi connectivity index (χ3v) is 5.04. The van der Waals surface area contributed by atoms with Gasteiger partial charge in [-0.25, -0.2) is 9.78 Å². The average molecular weight is 399 g/mol. The van der Waals surface area contributed by atoms with Crippen LogP contribution >= 0.6 is 0 Å². The molecule has 3 aromatic rings. The second-order valence-corrected chi connectivity index (χ2v) is 6.90. The number of rotatable bonds is 6. The van der Waals surface area contributed by atoms with E-state index in [2.05, 4.69) is 20.9 Å². The van der Waals surface area contributed by atoms with Crippen LogP contribution in [0.3, 0.4) is 0 Å². The summed E-state index contributed by atoms with van der Waals surface area (Å²) in [5.74, 6) is 0.208. The van der Waals surface area contributed by atoms with Gasteiger partial charge in [-0.3, -0.25) is 4.90 Å². The largest absolute Gasteiger partial charge is 0.515 e. The molecule has 29 heavy (non-hydrogen) atoms. The van der Waals surface area contributed by atoms with Crippen molar-refractivity contribution in [1.82, 2.24) is 14.9 Å². The zero-order chi connectivity index (χ0) is 20.2. The quantitative estimate of drug-likeness (QED) is 0.637. The lowest BCUT2D eigenvalue weighted by molar-refractivity contribution is 0.0344. The van der Waals surface area contributed by atoms with E-state index in [0.29, 0.717) is 0 Å². The fraction of sp³-hybridized carbons (Fsp3) is 0.429. The molecule has 1 N–H and O–H groups in total. The van der Waals surface area contributed by atoms with Gasteiger partial charge in [0.2, 0.25) is 5.88 Å². The van der Waals surface area contributed by atoms with Gasteiger partial charge < -0.3 is 23.9 Å². The Bertz CT molecular complexity index is 1010. The third kappa shape index (κ3) is 4.05. The minimum atomic E-state index is -0.773. The van der Waals surface area contributed by atoms with Crippen molar-refractivity contribution < 1.29 is 23.7 Å². The number of fused-ring (bicyclic) bond motifs is 3. The van der Waals surface area contributed by atoms with Gasteiger partial charge in [0, 0.05) is 43.0 Å². The summed E-state index contributed by atoms with van der Waals surface area (Å²) in [6.07, 6.45) is 0.909. The molecule has 0 radical (unpaired) electrons. The van der Waals surface area contributed by atoms with Crippen molar-refractivity contribution >= 4 is 28.0 Å². The highest BCUT2D eigenvalue weighted by Crippen LogP contribution is 2.35. The summed E-state index contributed by atoms with van der Waals surface area (Å²) in [4.78, 5) is 22.0. The maximum absolute atomic E-state index is 11.9. The lowest BCUT2D eigenvalue weighted by atomic mass is 10.0. The van der Waals surface area contributed by atoms with Gasteiger partial charge in [-0.05, 0) is 18.6 Å². The molecule has 0 atom stereocenters. The number of nitrogens with zero attached hydrogens (tertiary/aromatic N) is 2. The van der Waals surface area contributed by atoms with Crippen molar-refractivity contribution in [2.24, 2.45) is 0 Å². The lowest BCUT2D eigenvalue weighted by Crippen LogP contribution is -2.35. The Morgan fingerprint density at radius 2 is 2.07 bits per heavy atom. The SMILES string of the molecule is CCOC(=O)Oc1ncc2[nH]c3cccc(CN4CCOCC4)c3c2c1COC. The molecule has 0 amide bonds. The average Bonchev–Trinajstić information content (AvgIpc) is 3.11. The first-order valence-corrected chi connectivity index (χ1v) is 9.76. The van der Waals surface area contributed by atoms with Gasteiger partial charge in [0.1, 0.15) is 0 Å². The van der Waals surface area contributed by atoms with E-state index in [0.717, 1.165) is 60.2 Å². The molecule has 1 fully saturated rings. The summed E-state index contributed by atoms with van der Waals surface area (Å²) < 4.78 is 21.2. The normalized spacial score (nSPS) is 15.1. The summed E-state index contributed by atoms with van der Waals surface area (Å²) >= 11 is 0. The Labute approximate surface area is 168 Å². The van der Waals surface area contributed by atoms with Crippen LogP contribution in [0.1, 0.15) is 18.1 Å². The second kappa shape index (κ2) is 8.77. The number of H-pyrrole nitrogens is 1. The highest BCUT2D eigenvalue weighted by atomic mass is 16.7. The van der Waals surface area contributed by atoms with Crippen molar-refractivity contribution in [1.29, 1.82) is 0 Å². The molecule has 1 aliphatic rings. The maximum atomic E-state index is 11.9. The molecule has 0 unspecified atom stereocenters. The van der Waals surface area contributed by atoms with Gasteiger partial charge in [0.05, 0.1) is 43.7 Å². The fourth-order valence-electron chi connectivity index (χ4n) is 3.78. The minimum Gasteiger partial charge on any atom is -0.434 e. The molecule has 2 aromatic heterocycles. The number of benzene rings is 1. The highest BCUT2D eigenvalue weighted by Gasteiger charge is 2.21. The Hall–Kier alpha value is -2.68. The summed E-state index contributed by atoms with van der Waals surface area (Å²) in [5, 5.41) is 2.05. The molecule has 0 bridgehead atoms. The van der Waals surface area contributed by atoms with Gasteiger partial charge in [0.25, 0.3) is 0 Å². The predicted octanol–water partition coefficient (Wildman–Crippen LogP) is 3.23. The number of carbonyl (C=O) groups is 1. The second-order valence-electron chi connectivity index (χ2n) is 6.90. The number of pyridine rings is 1. The number of aromatic amines is 1. The Morgan fingerprint density at radius 1 is 1.24 bits per heavy atom. The molecule has 1 saturated heterocycles. The first-order valence-electron chi connectivity index (χ1n) is 9.76. The van der Waals surface area contributed by atoms with E-state index in [1.165, 1.54) is 5.56 Å². The summed E-state index contributed by atoms with van der Waals surface area (Å²) in [6, 6.07) is 6.22. The molecule has 0 aliphatic carbocycles. The zero-order valence-electron chi connectivity index (χ0n) is 16.7. The van der Waals surface area contributed by atoms with E-state index in [1.54, 1.807) is 20.2 Å². The van der Waals surface area contributed by atoms with Crippen LogP contribution in [0.2, 0.25) is 0 Å². The maximum Gasteiger partial charge on any atom is 0.515 e. The number of nitrogens with one attached hydrogen (secondary N) is 1. The molecule has 3 heterocycles. The number of hydrogen-bond donors (Lipinski definition) is 1. The van der Waals surface area contributed by atoms with Crippen LogP contribution in [0.4, 0.5) is 4.79 Å². The van der Waals surface area contributed by atoms with E-state index < -0.39 is 6.16 Å². The van der Waals surface area contributed by atoms with Gasteiger partial charge in [-0.1, -0.05) is 12.1 Å². The van der Waals surface area contributed by atoms with Gasteiger partial charge in [0.15, 0.2) is 0 Å². The molecule has 8 nitrogen and oxygen atoms in total. The molecule has 1 aromatic carbocycles. The Morgan fingerprint density at radius 3 is 2.83 bits per heavy atom. The van der Waals surface area contributed by atoms with Crippen LogP contribution < -0.4 is 4.74 Å². The zero-order valence-corrected chi connectivity index (χ0v) is 16.7. The molecule has 4 rings (SSSR count). The number of morpholine rings is 1. The van der Waals surface area contributed by atoms with Crippen LogP contribution in [0.15, 0.2) is 24.4 Å². The van der Waals surface area contributed by atoms with Crippen molar-refractivity contribution in [3.05, 3.63) is 35.5 Å². The lowest BCUT2D eigenvalue weighted by Gasteiger charge is -2.27. The molecule has 0 saturated carbocycles. The first-order chi connectivity index (χ1) is 14.2. The number of methoxy groups -OCH3 is 1. The number of hydrogen-bond acceptors (Lipinski definition) is 7. The molecular formula is C21H25N3O5. The van der Waals surface area contributed by atoms with E-state index in [4.69, 9.17) is 18.9 Å². The topological polar surface area (TPSA) is 85.9 Å². The summed E-state index contributed by atoms with van der Waals surface area (Å²) in [7, 11) is 1.61.